The number of ether oxygens (including phenoxy) is 2. The van der Waals surface area contributed by atoms with Crippen molar-refractivity contribution in [2.45, 2.75) is 31.4 Å². The minimum Gasteiger partial charge on any atom is -0.481 e. The maximum absolute atomic E-state index is 12.2. The highest BCUT2D eigenvalue weighted by molar-refractivity contribution is 6.30. The van der Waals surface area contributed by atoms with Gasteiger partial charge in [0, 0.05) is 18.6 Å². The second-order valence-corrected chi connectivity index (χ2v) is 7.10. The molecule has 7 nitrogen and oxygen atoms in total. The molecule has 0 fully saturated rings. The van der Waals surface area contributed by atoms with Crippen LogP contribution >= 0.6 is 11.6 Å². The molecule has 0 aromatic heterocycles. The summed E-state index contributed by atoms with van der Waals surface area (Å²) in [5.74, 6) is -2.19. The zero-order chi connectivity index (χ0) is 22.1. The van der Waals surface area contributed by atoms with Gasteiger partial charge in [0.05, 0.1) is 19.6 Å². The Labute approximate surface area is 179 Å². The van der Waals surface area contributed by atoms with Crippen molar-refractivity contribution in [2.24, 2.45) is 0 Å². The van der Waals surface area contributed by atoms with E-state index in [4.69, 9.17) is 26.2 Å². The highest BCUT2D eigenvalue weighted by Crippen LogP contribution is 2.23. The lowest BCUT2D eigenvalue weighted by Gasteiger charge is -2.25. The predicted octanol–water partition coefficient (Wildman–Crippen LogP) is 3.09. The molecule has 0 heterocycles. The molecule has 2 aromatic carbocycles. The van der Waals surface area contributed by atoms with Crippen LogP contribution in [0.1, 0.15) is 18.4 Å². The molecule has 0 saturated carbocycles. The van der Waals surface area contributed by atoms with Crippen LogP contribution in [0.3, 0.4) is 0 Å². The number of carboxylic acid groups (broad SMARTS) is 1. The minimum absolute atomic E-state index is 0.197. The van der Waals surface area contributed by atoms with Crippen LogP contribution < -0.4 is 5.32 Å². The lowest BCUT2D eigenvalue weighted by atomic mass is 9.98. The van der Waals surface area contributed by atoms with E-state index in [1.54, 1.807) is 6.07 Å². The second-order valence-electron chi connectivity index (χ2n) is 6.66. The molecule has 2 aromatic rings. The van der Waals surface area contributed by atoms with Gasteiger partial charge in [-0.05, 0) is 35.2 Å². The van der Waals surface area contributed by atoms with E-state index < -0.39 is 30.0 Å². The third kappa shape index (κ3) is 6.86. The predicted molar refractivity (Wildman–Crippen MR) is 112 cm³/mol. The van der Waals surface area contributed by atoms with Gasteiger partial charge in [0.1, 0.15) is 0 Å². The molecular formula is C22H24ClNO6. The first kappa shape index (κ1) is 23.4. The first-order valence-electron chi connectivity index (χ1n) is 9.30. The summed E-state index contributed by atoms with van der Waals surface area (Å²) in [5, 5.41) is 12.1. The summed E-state index contributed by atoms with van der Waals surface area (Å²) in [6.45, 7) is 0. The summed E-state index contributed by atoms with van der Waals surface area (Å²) in [7, 11) is 2.58. The van der Waals surface area contributed by atoms with Crippen LogP contribution in [-0.4, -0.2) is 49.3 Å². The normalized spacial score (nSPS) is 12.6. The Morgan fingerprint density at radius 3 is 2.30 bits per heavy atom. The molecule has 0 radical (unpaired) electrons. The number of benzene rings is 2. The van der Waals surface area contributed by atoms with E-state index in [0.717, 1.165) is 16.7 Å². The number of hydrogen-bond acceptors (Lipinski definition) is 5. The molecule has 1 unspecified atom stereocenters. The van der Waals surface area contributed by atoms with Crippen LogP contribution in [0.5, 0.6) is 0 Å². The molecule has 30 heavy (non-hydrogen) atoms. The number of aliphatic carboxylic acids is 1. The second kappa shape index (κ2) is 11.3. The number of methoxy groups -OCH3 is 2. The summed E-state index contributed by atoms with van der Waals surface area (Å²) in [5.41, 5.74) is 2.80. The van der Waals surface area contributed by atoms with Gasteiger partial charge in [-0.25, -0.2) is 4.79 Å². The fourth-order valence-corrected chi connectivity index (χ4v) is 3.22. The average Bonchev–Trinajstić information content (AvgIpc) is 2.73. The molecule has 0 bridgehead atoms. The maximum atomic E-state index is 12.2. The molecule has 1 amide bonds. The van der Waals surface area contributed by atoms with E-state index in [1.807, 2.05) is 42.5 Å². The van der Waals surface area contributed by atoms with E-state index in [9.17, 15) is 14.4 Å². The topological polar surface area (TPSA) is 102 Å². The number of carbonyl (C=O) groups excluding carboxylic acids is 2. The lowest BCUT2D eigenvalue weighted by molar-refractivity contribution is -0.154. The highest BCUT2D eigenvalue weighted by atomic mass is 35.5. The maximum Gasteiger partial charge on any atom is 0.337 e. The van der Waals surface area contributed by atoms with Crippen molar-refractivity contribution in [3.05, 3.63) is 59.1 Å². The number of carboxylic acids is 1. The molecular weight excluding hydrogens is 410 g/mol. The van der Waals surface area contributed by atoms with Crippen LogP contribution in [0.15, 0.2) is 48.5 Å². The van der Waals surface area contributed by atoms with Crippen LogP contribution in [-0.2, 0) is 30.3 Å². The van der Waals surface area contributed by atoms with Crippen LogP contribution in [0.4, 0.5) is 0 Å². The van der Waals surface area contributed by atoms with Crippen molar-refractivity contribution in [1.29, 1.82) is 0 Å². The molecule has 0 aliphatic heterocycles. The number of nitrogens with one attached hydrogen (secondary N) is 1. The summed E-state index contributed by atoms with van der Waals surface area (Å²) in [6, 6.07) is 14.4. The van der Waals surface area contributed by atoms with E-state index in [2.05, 4.69) is 5.32 Å². The minimum atomic E-state index is -1.07. The van der Waals surface area contributed by atoms with E-state index in [0.29, 0.717) is 11.4 Å². The largest absolute Gasteiger partial charge is 0.481 e. The van der Waals surface area contributed by atoms with E-state index in [-0.39, 0.29) is 12.8 Å². The van der Waals surface area contributed by atoms with Crippen molar-refractivity contribution >= 4 is 29.4 Å². The molecule has 0 saturated heterocycles. The zero-order valence-electron chi connectivity index (χ0n) is 16.8. The Morgan fingerprint density at radius 1 is 1.03 bits per heavy atom. The van der Waals surface area contributed by atoms with Gasteiger partial charge in [0.25, 0.3) is 0 Å². The SMILES string of the molecule is COC(=O)C(OC)[C@@H](Cc1ccc(-c2cccc(Cl)c2)cc1)NC(=O)CCC(=O)O. The molecule has 2 atom stereocenters. The van der Waals surface area contributed by atoms with Crippen molar-refractivity contribution in [3.63, 3.8) is 0 Å². The number of halogens is 1. The highest BCUT2D eigenvalue weighted by Gasteiger charge is 2.30. The van der Waals surface area contributed by atoms with Crippen molar-refractivity contribution in [2.75, 3.05) is 14.2 Å². The number of carbonyl (C=O) groups is 3. The van der Waals surface area contributed by atoms with E-state index in [1.165, 1.54) is 14.2 Å². The quantitative estimate of drug-likeness (QED) is 0.558. The summed E-state index contributed by atoms with van der Waals surface area (Å²) >= 11 is 6.05. The smallest absolute Gasteiger partial charge is 0.337 e. The van der Waals surface area contributed by atoms with Crippen LogP contribution in [0.25, 0.3) is 11.1 Å². The first-order chi connectivity index (χ1) is 14.3. The number of rotatable bonds is 10. The monoisotopic (exact) mass is 433 g/mol. The Kier molecular flexibility index (Phi) is 8.83. The van der Waals surface area contributed by atoms with Crippen molar-refractivity contribution < 1.29 is 29.0 Å². The van der Waals surface area contributed by atoms with Gasteiger partial charge < -0.3 is 19.9 Å². The van der Waals surface area contributed by atoms with Crippen molar-refractivity contribution in [3.8, 4) is 11.1 Å². The van der Waals surface area contributed by atoms with Crippen molar-refractivity contribution in [1.82, 2.24) is 5.32 Å². The summed E-state index contributed by atoms with van der Waals surface area (Å²) in [4.78, 5) is 35.0. The van der Waals surface area contributed by atoms with E-state index >= 15 is 0 Å². The van der Waals surface area contributed by atoms with Gasteiger partial charge in [-0.1, -0.05) is 48.0 Å². The average molecular weight is 434 g/mol. The third-order valence-corrected chi connectivity index (χ3v) is 4.77. The molecule has 2 rings (SSSR count). The molecule has 0 spiro atoms. The van der Waals surface area contributed by atoms with Gasteiger partial charge in [-0.2, -0.15) is 0 Å². The zero-order valence-corrected chi connectivity index (χ0v) is 17.5. The van der Waals surface area contributed by atoms with Gasteiger partial charge in [-0.3, -0.25) is 9.59 Å². The molecule has 2 N–H and O–H groups in total. The van der Waals surface area contributed by atoms with Gasteiger partial charge in [0.2, 0.25) is 5.91 Å². The summed E-state index contributed by atoms with van der Waals surface area (Å²) < 4.78 is 10.0. The Morgan fingerprint density at radius 2 is 1.73 bits per heavy atom. The molecule has 8 heteroatoms. The number of hydrogen-bond donors (Lipinski definition) is 2. The Bertz CT molecular complexity index is 883. The number of amides is 1. The van der Waals surface area contributed by atoms with Gasteiger partial charge >= 0.3 is 11.9 Å². The molecule has 0 aliphatic rings. The van der Waals surface area contributed by atoms with Gasteiger partial charge in [-0.15, -0.1) is 0 Å². The van der Waals surface area contributed by atoms with Crippen LogP contribution in [0.2, 0.25) is 5.02 Å². The van der Waals surface area contributed by atoms with Crippen LogP contribution in [0, 0.1) is 0 Å². The Hall–Kier alpha value is -2.90. The fraction of sp³-hybridized carbons (Fsp3) is 0.318. The fourth-order valence-electron chi connectivity index (χ4n) is 3.03. The lowest BCUT2D eigenvalue weighted by Crippen LogP contribution is -2.49. The summed E-state index contributed by atoms with van der Waals surface area (Å²) in [6.07, 6.45) is -1.24. The van der Waals surface area contributed by atoms with Gasteiger partial charge in [0.15, 0.2) is 6.10 Å². The molecule has 160 valence electrons. The Balaban J connectivity index is 2.18. The third-order valence-electron chi connectivity index (χ3n) is 4.53. The number of esters is 1. The first-order valence-corrected chi connectivity index (χ1v) is 9.68. The molecule has 0 aliphatic carbocycles. The standard InChI is InChI=1S/C22H24ClNO6/c1-29-21(22(28)30-2)18(24-19(25)10-11-20(26)27)12-14-6-8-15(9-7-14)16-4-3-5-17(23)13-16/h3-9,13,18,21H,10-12H2,1-2H3,(H,24,25)(H,26,27)/t18-,21?/m1/s1.